The van der Waals surface area contributed by atoms with Crippen molar-refractivity contribution in [3.63, 3.8) is 0 Å². The van der Waals surface area contributed by atoms with E-state index in [-0.39, 0.29) is 5.82 Å². The van der Waals surface area contributed by atoms with E-state index in [1.54, 1.807) is 0 Å². The van der Waals surface area contributed by atoms with E-state index < -0.39 is 0 Å². The molecule has 0 aromatic heterocycles. The fourth-order valence-corrected chi connectivity index (χ4v) is 2.61. The third-order valence-electron chi connectivity index (χ3n) is 3.31. The molecule has 2 rings (SSSR count). The predicted molar refractivity (Wildman–Crippen MR) is 71.7 cm³/mol. The van der Waals surface area contributed by atoms with Gasteiger partial charge in [0.15, 0.2) is 0 Å². The fourth-order valence-electron chi connectivity index (χ4n) is 2.18. The molecule has 0 spiro atoms. The maximum absolute atomic E-state index is 13.1. The van der Waals surface area contributed by atoms with Crippen LogP contribution in [0.2, 0.25) is 0 Å². The van der Waals surface area contributed by atoms with Gasteiger partial charge < -0.3 is 5.32 Å². The van der Waals surface area contributed by atoms with E-state index in [0.29, 0.717) is 10.5 Å². The molecule has 4 heteroatoms. The van der Waals surface area contributed by atoms with E-state index in [9.17, 15) is 4.39 Å². The molecule has 1 aliphatic rings. The van der Waals surface area contributed by atoms with Gasteiger partial charge in [-0.25, -0.2) is 4.39 Å². The Morgan fingerprint density at radius 2 is 2.35 bits per heavy atom. The van der Waals surface area contributed by atoms with Crippen molar-refractivity contribution in [2.45, 2.75) is 19.4 Å². The molecule has 17 heavy (non-hydrogen) atoms. The van der Waals surface area contributed by atoms with Gasteiger partial charge in [-0.05, 0) is 47.0 Å². The van der Waals surface area contributed by atoms with E-state index in [0.717, 1.165) is 32.6 Å². The predicted octanol–water partition coefficient (Wildman–Crippen LogP) is 2.42. The van der Waals surface area contributed by atoms with Crippen molar-refractivity contribution in [2.24, 2.45) is 0 Å². The molecular weight excluding hydrogens is 283 g/mol. The SMILES string of the molecule is CC1CNCCN1CCc1ccc(F)c(Br)c1. The smallest absolute Gasteiger partial charge is 0.137 e. The maximum atomic E-state index is 13.1. The van der Waals surface area contributed by atoms with Crippen LogP contribution in [0.5, 0.6) is 0 Å². The molecule has 94 valence electrons. The Bertz CT molecular complexity index is 384. The fraction of sp³-hybridized carbons (Fsp3) is 0.538. The summed E-state index contributed by atoms with van der Waals surface area (Å²) in [4.78, 5) is 2.48. The Labute approximate surface area is 110 Å². The summed E-state index contributed by atoms with van der Waals surface area (Å²) in [6.45, 7) is 6.52. The first-order valence-corrected chi connectivity index (χ1v) is 6.85. The number of nitrogens with one attached hydrogen (secondary N) is 1. The summed E-state index contributed by atoms with van der Waals surface area (Å²) < 4.78 is 13.6. The zero-order chi connectivity index (χ0) is 12.3. The molecule has 0 aliphatic carbocycles. The molecule has 1 N–H and O–H groups in total. The first kappa shape index (κ1) is 13.0. The van der Waals surface area contributed by atoms with Gasteiger partial charge in [0.25, 0.3) is 0 Å². The first-order chi connectivity index (χ1) is 8.16. The molecule has 0 bridgehead atoms. The van der Waals surface area contributed by atoms with E-state index in [4.69, 9.17) is 0 Å². The number of nitrogens with zero attached hydrogens (tertiary/aromatic N) is 1. The van der Waals surface area contributed by atoms with Crippen LogP contribution in [0, 0.1) is 5.82 Å². The average molecular weight is 301 g/mol. The van der Waals surface area contributed by atoms with Crippen LogP contribution >= 0.6 is 15.9 Å². The summed E-state index contributed by atoms with van der Waals surface area (Å²) in [6, 6.07) is 5.86. The minimum absolute atomic E-state index is 0.190. The van der Waals surface area contributed by atoms with Crippen LogP contribution < -0.4 is 5.32 Å². The van der Waals surface area contributed by atoms with Gasteiger partial charge in [0.1, 0.15) is 5.82 Å². The summed E-state index contributed by atoms with van der Waals surface area (Å²) in [5, 5.41) is 3.38. The zero-order valence-electron chi connectivity index (χ0n) is 10.0. The highest BCUT2D eigenvalue weighted by atomic mass is 79.9. The third-order valence-corrected chi connectivity index (χ3v) is 3.92. The van der Waals surface area contributed by atoms with Crippen LogP contribution in [0.25, 0.3) is 0 Å². The van der Waals surface area contributed by atoms with Crippen LogP contribution in [0.4, 0.5) is 4.39 Å². The van der Waals surface area contributed by atoms with Gasteiger partial charge in [-0.1, -0.05) is 6.07 Å². The second-order valence-corrected chi connectivity index (χ2v) is 5.44. The summed E-state index contributed by atoms with van der Waals surface area (Å²) in [5.41, 5.74) is 1.18. The number of halogens is 2. The Hall–Kier alpha value is -0.450. The number of rotatable bonds is 3. The lowest BCUT2D eigenvalue weighted by Gasteiger charge is -2.33. The second kappa shape index (κ2) is 5.94. The molecule has 0 radical (unpaired) electrons. The van der Waals surface area contributed by atoms with Crippen molar-refractivity contribution in [1.29, 1.82) is 0 Å². The lowest BCUT2D eigenvalue weighted by Crippen LogP contribution is -2.50. The largest absolute Gasteiger partial charge is 0.314 e. The van der Waals surface area contributed by atoms with Gasteiger partial charge in [0, 0.05) is 32.2 Å². The molecule has 1 atom stereocenters. The highest BCUT2D eigenvalue weighted by Crippen LogP contribution is 2.17. The summed E-state index contributed by atoms with van der Waals surface area (Å²) >= 11 is 3.23. The van der Waals surface area contributed by atoms with Crippen molar-refractivity contribution >= 4 is 15.9 Å². The van der Waals surface area contributed by atoms with Gasteiger partial charge in [-0.2, -0.15) is 0 Å². The Balaban J connectivity index is 1.90. The number of piperazine rings is 1. The summed E-state index contributed by atoms with van der Waals surface area (Å²) in [7, 11) is 0. The minimum Gasteiger partial charge on any atom is -0.314 e. The molecular formula is C13H18BrFN2. The molecule has 1 aliphatic heterocycles. The number of hydrogen-bond acceptors (Lipinski definition) is 2. The van der Waals surface area contributed by atoms with E-state index in [1.165, 1.54) is 11.6 Å². The van der Waals surface area contributed by atoms with E-state index in [1.807, 2.05) is 12.1 Å². The molecule has 1 heterocycles. The third kappa shape index (κ3) is 3.50. The Morgan fingerprint density at radius 1 is 1.53 bits per heavy atom. The summed E-state index contributed by atoms with van der Waals surface area (Å²) in [5.74, 6) is -0.190. The topological polar surface area (TPSA) is 15.3 Å². The van der Waals surface area contributed by atoms with Gasteiger partial charge in [0.2, 0.25) is 0 Å². The monoisotopic (exact) mass is 300 g/mol. The van der Waals surface area contributed by atoms with Crippen LogP contribution in [0.3, 0.4) is 0 Å². The first-order valence-electron chi connectivity index (χ1n) is 6.05. The lowest BCUT2D eigenvalue weighted by atomic mass is 10.1. The number of benzene rings is 1. The average Bonchev–Trinajstić information content (AvgIpc) is 2.32. The quantitative estimate of drug-likeness (QED) is 0.922. The minimum atomic E-state index is -0.190. The Morgan fingerprint density at radius 3 is 3.06 bits per heavy atom. The zero-order valence-corrected chi connectivity index (χ0v) is 11.6. The Kier molecular flexibility index (Phi) is 4.54. The molecule has 2 nitrogen and oxygen atoms in total. The van der Waals surface area contributed by atoms with Crippen LogP contribution in [-0.4, -0.2) is 37.1 Å². The standard InChI is InChI=1S/C13H18BrFN2/c1-10-9-16-5-7-17(10)6-4-11-2-3-13(15)12(14)8-11/h2-3,8,10,16H,4-7,9H2,1H3. The van der Waals surface area contributed by atoms with Gasteiger partial charge >= 0.3 is 0 Å². The van der Waals surface area contributed by atoms with Crippen LogP contribution in [0.1, 0.15) is 12.5 Å². The highest BCUT2D eigenvalue weighted by molar-refractivity contribution is 9.10. The van der Waals surface area contributed by atoms with Crippen LogP contribution in [-0.2, 0) is 6.42 Å². The van der Waals surface area contributed by atoms with Gasteiger partial charge in [-0.3, -0.25) is 4.90 Å². The molecule has 1 saturated heterocycles. The lowest BCUT2D eigenvalue weighted by molar-refractivity contribution is 0.176. The van der Waals surface area contributed by atoms with Crippen molar-refractivity contribution in [1.82, 2.24) is 10.2 Å². The molecule has 1 fully saturated rings. The van der Waals surface area contributed by atoms with Gasteiger partial charge in [0.05, 0.1) is 4.47 Å². The van der Waals surface area contributed by atoms with Crippen LogP contribution in [0.15, 0.2) is 22.7 Å². The molecule has 1 aromatic rings. The van der Waals surface area contributed by atoms with E-state index in [2.05, 4.69) is 33.1 Å². The van der Waals surface area contributed by atoms with Crippen molar-refractivity contribution in [2.75, 3.05) is 26.2 Å². The van der Waals surface area contributed by atoms with Crippen molar-refractivity contribution in [3.05, 3.63) is 34.1 Å². The number of hydrogen-bond donors (Lipinski definition) is 1. The van der Waals surface area contributed by atoms with Crippen molar-refractivity contribution in [3.8, 4) is 0 Å². The second-order valence-electron chi connectivity index (χ2n) is 4.59. The highest BCUT2D eigenvalue weighted by Gasteiger charge is 2.17. The molecule has 1 aromatic carbocycles. The normalized spacial score (nSPS) is 21.7. The molecule has 1 unspecified atom stereocenters. The maximum Gasteiger partial charge on any atom is 0.137 e. The van der Waals surface area contributed by atoms with Crippen molar-refractivity contribution < 1.29 is 4.39 Å². The van der Waals surface area contributed by atoms with E-state index >= 15 is 0 Å². The van der Waals surface area contributed by atoms with Gasteiger partial charge in [-0.15, -0.1) is 0 Å². The summed E-state index contributed by atoms with van der Waals surface area (Å²) in [6.07, 6.45) is 0.975. The molecule has 0 saturated carbocycles. The molecule has 0 amide bonds.